The molecule has 0 saturated heterocycles. The van der Waals surface area contributed by atoms with E-state index in [4.69, 9.17) is 0 Å². The molecule has 0 heteroatoms. The Balaban J connectivity index is 2.54. The summed E-state index contributed by atoms with van der Waals surface area (Å²) >= 11 is 0. The maximum Gasteiger partial charge on any atom is -0.0223 e. The van der Waals surface area contributed by atoms with Crippen molar-refractivity contribution in [2.75, 3.05) is 0 Å². The summed E-state index contributed by atoms with van der Waals surface area (Å²) in [5, 5.41) is 0. The Kier molecular flexibility index (Phi) is 4.04. The number of hydrogen-bond donors (Lipinski definition) is 0. The molecule has 0 amide bonds. The molecule has 0 aromatic carbocycles. The van der Waals surface area contributed by atoms with Gasteiger partial charge >= 0.3 is 0 Å². The Morgan fingerprint density at radius 2 is 1.71 bits per heavy atom. The molecule has 0 nitrogen and oxygen atoms in total. The smallest absolute Gasteiger partial charge is 0.0223 e. The van der Waals surface area contributed by atoms with Crippen LogP contribution >= 0.6 is 0 Å². The zero-order chi connectivity index (χ0) is 10.8. The van der Waals surface area contributed by atoms with E-state index in [1.165, 1.54) is 32.1 Å². The van der Waals surface area contributed by atoms with Gasteiger partial charge in [-0.2, -0.15) is 0 Å². The van der Waals surface area contributed by atoms with Crippen LogP contribution in [-0.4, -0.2) is 0 Å². The molecular weight excluding hydrogens is 168 g/mol. The minimum atomic E-state index is 0.690. The Labute approximate surface area is 90.5 Å². The van der Waals surface area contributed by atoms with Crippen molar-refractivity contribution in [3.63, 3.8) is 0 Å². The molecule has 0 N–H and O–H groups in total. The molecule has 0 bridgehead atoms. The largest absolute Gasteiger partial charge is 0.0654 e. The van der Waals surface area contributed by atoms with Gasteiger partial charge in [0.25, 0.3) is 0 Å². The van der Waals surface area contributed by atoms with E-state index < -0.39 is 0 Å². The summed E-state index contributed by atoms with van der Waals surface area (Å²) in [6.07, 6.45) is 7.17. The van der Waals surface area contributed by atoms with Gasteiger partial charge in [-0.15, -0.1) is 0 Å². The van der Waals surface area contributed by atoms with Gasteiger partial charge in [0, 0.05) is 0 Å². The first-order valence-electron chi connectivity index (χ1n) is 6.55. The topological polar surface area (TPSA) is 0 Å². The van der Waals surface area contributed by atoms with E-state index in [1.54, 1.807) is 0 Å². The molecule has 0 aliphatic heterocycles. The lowest BCUT2D eigenvalue weighted by atomic mass is 9.48. The van der Waals surface area contributed by atoms with Gasteiger partial charge in [0.15, 0.2) is 0 Å². The van der Waals surface area contributed by atoms with Crippen LogP contribution in [0.25, 0.3) is 0 Å². The van der Waals surface area contributed by atoms with Crippen molar-refractivity contribution in [1.82, 2.24) is 0 Å². The maximum absolute atomic E-state index is 2.46. The van der Waals surface area contributed by atoms with Crippen molar-refractivity contribution in [3.8, 4) is 0 Å². The Morgan fingerprint density at radius 1 is 1.14 bits per heavy atom. The second-order valence-electron chi connectivity index (χ2n) is 5.76. The second-order valence-corrected chi connectivity index (χ2v) is 5.76. The Morgan fingerprint density at radius 3 is 2.07 bits per heavy atom. The first-order chi connectivity index (χ1) is 6.55. The molecule has 14 heavy (non-hydrogen) atoms. The van der Waals surface area contributed by atoms with Gasteiger partial charge in [-0.05, 0) is 36.0 Å². The van der Waals surface area contributed by atoms with E-state index in [2.05, 4.69) is 34.6 Å². The first kappa shape index (κ1) is 12.1. The highest BCUT2D eigenvalue weighted by Crippen LogP contribution is 2.58. The van der Waals surface area contributed by atoms with E-state index in [0.29, 0.717) is 5.41 Å². The van der Waals surface area contributed by atoms with Crippen LogP contribution in [-0.2, 0) is 0 Å². The van der Waals surface area contributed by atoms with Crippen molar-refractivity contribution in [2.24, 2.45) is 23.2 Å². The lowest BCUT2D eigenvalue weighted by molar-refractivity contribution is -0.0833. The molecule has 0 aromatic heterocycles. The van der Waals surface area contributed by atoms with E-state index in [9.17, 15) is 0 Å². The number of rotatable bonds is 5. The summed E-state index contributed by atoms with van der Waals surface area (Å²) in [5.74, 6) is 2.81. The average Bonchev–Trinajstić information content (AvgIpc) is 2.11. The van der Waals surface area contributed by atoms with Crippen molar-refractivity contribution in [1.29, 1.82) is 0 Å². The fourth-order valence-electron chi connectivity index (χ4n) is 3.90. The Bertz CT molecular complexity index is 151. The molecule has 0 spiro atoms. The third-order valence-corrected chi connectivity index (χ3v) is 4.83. The Hall–Kier alpha value is 0. The molecule has 1 rings (SSSR count). The molecule has 1 saturated carbocycles. The molecule has 1 aliphatic carbocycles. The monoisotopic (exact) mass is 196 g/mol. The fraction of sp³-hybridized carbons (Fsp3) is 1.00. The lowest BCUT2D eigenvalue weighted by Crippen LogP contribution is -2.50. The summed E-state index contributed by atoms with van der Waals surface area (Å²) in [6.45, 7) is 12.1. The minimum Gasteiger partial charge on any atom is -0.0654 e. The molecule has 1 aliphatic rings. The molecule has 84 valence electrons. The molecule has 0 radical (unpaired) electrons. The molecular formula is C14H28. The number of hydrogen-bond acceptors (Lipinski definition) is 0. The summed E-state index contributed by atoms with van der Waals surface area (Å²) in [6, 6.07) is 0. The van der Waals surface area contributed by atoms with Crippen molar-refractivity contribution in [2.45, 2.75) is 66.7 Å². The van der Waals surface area contributed by atoms with Crippen LogP contribution in [0.3, 0.4) is 0 Å². The summed E-state index contributed by atoms with van der Waals surface area (Å²) < 4.78 is 0. The van der Waals surface area contributed by atoms with Crippen LogP contribution in [0.2, 0.25) is 0 Å². The molecule has 0 aromatic rings. The van der Waals surface area contributed by atoms with Gasteiger partial charge in [-0.25, -0.2) is 0 Å². The molecule has 2 atom stereocenters. The summed E-state index contributed by atoms with van der Waals surface area (Å²) in [7, 11) is 0. The van der Waals surface area contributed by atoms with Crippen LogP contribution in [0.1, 0.15) is 66.7 Å². The van der Waals surface area contributed by atoms with Crippen LogP contribution in [0, 0.1) is 23.2 Å². The first-order valence-corrected chi connectivity index (χ1v) is 6.55. The van der Waals surface area contributed by atoms with E-state index in [0.717, 1.165) is 17.8 Å². The van der Waals surface area contributed by atoms with E-state index in [1.807, 2.05) is 0 Å². The standard InChI is InChI=1S/C14H28/c1-6-7-8-9-14(11(2)3)12(4)10-13(14)5/h11-13H,6-10H2,1-5H3. The van der Waals surface area contributed by atoms with Crippen molar-refractivity contribution >= 4 is 0 Å². The van der Waals surface area contributed by atoms with Gasteiger partial charge in [0.05, 0.1) is 0 Å². The van der Waals surface area contributed by atoms with Crippen LogP contribution in [0.15, 0.2) is 0 Å². The van der Waals surface area contributed by atoms with Crippen molar-refractivity contribution < 1.29 is 0 Å². The maximum atomic E-state index is 2.46. The molecule has 2 unspecified atom stereocenters. The third-order valence-electron chi connectivity index (χ3n) is 4.83. The number of unbranched alkanes of at least 4 members (excludes halogenated alkanes) is 2. The van der Waals surface area contributed by atoms with Crippen LogP contribution in [0.5, 0.6) is 0 Å². The molecule has 0 heterocycles. The van der Waals surface area contributed by atoms with Gasteiger partial charge < -0.3 is 0 Å². The van der Waals surface area contributed by atoms with E-state index in [-0.39, 0.29) is 0 Å². The fourth-order valence-corrected chi connectivity index (χ4v) is 3.90. The zero-order valence-electron chi connectivity index (χ0n) is 10.8. The normalized spacial score (nSPS) is 37.3. The van der Waals surface area contributed by atoms with Gasteiger partial charge in [0.1, 0.15) is 0 Å². The third kappa shape index (κ3) is 1.85. The second kappa shape index (κ2) is 4.68. The quantitative estimate of drug-likeness (QED) is 0.549. The van der Waals surface area contributed by atoms with Gasteiger partial charge in [-0.3, -0.25) is 0 Å². The predicted molar refractivity (Wildman–Crippen MR) is 64.4 cm³/mol. The SMILES string of the molecule is CCCCCC1(C(C)C)C(C)CC1C. The van der Waals surface area contributed by atoms with E-state index >= 15 is 0 Å². The minimum absolute atomic E-state index is 0.690. The predicted octanol–water partition coefficient (Wildman–Crippen LogP) is 4.89. The highest BCUT2D eigenvalue weighted by molar-refractivity contribution is 5.00. The van der Waals surface area contributed by atoms with Crippen LogP contribution in [0.4, 0.5) is 0 Å². The van der Waals surface area contributed by atoms with Gasteiger partial charge in [0.2, 0.25) is 0 Å². The van der Waals surface area contributed by atoms with Crippen LogP contribution < -0.4 is 0 Å². The molecule has 1 fully saturated rings. The zero-order valence-corrected chi connectivity index (χ0v) is 10.8. The average molecular weight is 196 g/mol. The van der Waals surface area contributed by atoms with Gasteiger partial charge in [-0.1, -0.05) is 53.9 Å². The summed E-state index contributed by atoms with van der Waals surface area (Å²) in [5.41, 5.74) is 0.690. The summed E-state index contributed by atoms with van der Waals surface area (Å²) in [4.78, 5) is 0. The lowest BCUT2D eigenvalue weighted by Gasteiger charge is -2.57. The highest BCUT2D eigenvalue weighted by Gasteiger charge is 2.51. The highest BCUT2D eigenvalue weighted by atomic mass is 14.6. The van der Waals surface area contributed by atoms with Crippen molar-refractivity contribution in [3.05, 3.63) is 0 Å².